The van der Waals surface area contributed by atoms with Crippen LogP contribution in [0.1, 0.15) is 30.3 Å². The Bertz CT molecular complexity index is 700. The van der Waals surface area contributed by atoms with E-state index in [9.17, 15) is 15.2 Å². The second-order valence-corrected chi connectivity index (χ2v) is 6.73. The number of likely N-dealkylation sites (tertiary alicyclic amines) is 1. The molecule has 1 saturated heterocycles. The Morgan fingerprint density at radius 2 is 2.24 bits per heavy atom. The van der Waals surface area contributed by atoms with E-state index in [0.717, 1.165) is 29.9 Å². The molecule has 6 heteroatoms. The molecule has 1 amide bonds. The highest BCUT2D eigenvalue weighted by Gasteiger charge is 2.29. The SMILES string of the molecule is COCCn1c(C)cc(/C=C(/C#N)C(=O)N2CCC(C)C(O)C2)c1C. The molecule has 0 aromatic carbocycles. The van der Waals surface area contributed by atoms with Crippen LogP contribution >= 0.6 is 0 Å². The van der Waals surface area contributed by atoms with E-state index in [1.54, 1.807) is 18.1 Å². The molecular weight excluding hydrogens is 318 g/mol. The summed E-state index contributed by atoms with van der Waals surface area (Å²) in [6.07, 6.45) is 1.87. The van der Waals surface area contributed by atoms with Gasteiger partial charge in [0, 0.05) is 38.1 Å². The molecular formula is C19H27N3O3. The predicted octanol–water partition coefficient (Wildman–Crippen LogP) is 1.89. The van der Waals surface area contributed by atoms with Crippen molar-refractivity contribution in [3.8, 4) is 6.07 Å². The minimum absolute atomic E-state index is 0.105. The molecule has 0 radical (unpaired) electrons. The quantitative estimate of drug-likeness (QED) is 0.653. The van der Waals surface area contributed by atoms with Gasteiger partial charge in [-0.2, -0.15) is 5.26 Å². The van der Waals surface area contributed by atoms with Gasteiger partial charge < -0.3 is 19.3 Å². The smallest absolute Gasteiger partial charge is 0.264 e. The van der Waals surface area contributed by atoms with E-state index in [1.165, 1.54) is 0 Å². The molecule has 1 aliphatic heterocycles. The first kappa shape index (κ1) is 19.2. The van der Waals surface area contributed by atoms with Gasteiger partial charge >= 0.3 is 0 Å². The number of nitriles is 1. The lowest BCUT2D eigenvalue weighted by Gasteiger charge is -2.34. The number of β-amino-alcohol motifs (C(OH)–C–C–N with tert-alkyl or cyclic N) is 1. The topological polar surface area (TPSA) is 78.5 Å². The molecule has 1 aromatic rings. The number of aromatic nitrogens is 1. The highest BCUT2D eigenvalue weighted by atomic mass is 16.5. The molecule has 136 valence electrons. The second kappa shape index (κ2) is 8.32. The summed E-state index contributed by atoms with van der Waals surface area (Å²) in [5.74, 6) is -0.131. The lowest BCUT2D eigenvalue weighted by atomic mass is 9.95. The lowest BCUT2D eigenvalue weighted by molar-refractivity contribution is -0.130. The molecule has 2 atom stereocenters. The predicted molar refractivity (Wildman–Crippen MR) is 95.7 cm³/mol. The third kappa shape index (κ3) is 4.30. The largest absolute Gasteiger partial charge is 0.391 e. The fourth-order valence-electron chi connectivity index (χ4n) is 3.20. The maximum Gasteiger partial charge on any atom is 0.264 e. The molecule has 0 spiro atoms. The zero-order valence-electron chi connectivity index (χ0n) is 15.5. The first-order valence-electron chi connectivity index (χ1n) is 8.63. The summed E-state index contributed by atoms with van der Waals surface area (Å²) in [5, 5.41) is 19.5. The Labute approximate surface area is 149 Å². The summed E-state index contributed by atoms with van der Waals surface area (Å²) >= 11 is 0. The number of nitrogens with zero attached hydrogens (tertiary/aromatic N) is 3. The number of carbonyl (C=O) groups is 1. The van der Waals surface area contributed by atoms with Gasteiger partial charge in [0.1, 0.15) is 11.6 Å². The van der Waals surface area contributed by atoms with Crippen LogP contribution in [-0.2, 0) is 16.1 Å². The lowest BCUT2D eigenvalue weighted by Crippen LogP contribution is -2.46. The summed E-state index contributed by atoms with van der Waals surface area (Å²) in [5.41, 5.74) is 3.04. The second-order valence-electron chi connectivity index (χ2n) is 6.73. The van der Waals surface area contributed by atoms with Crippen LogP contribution in [0.4, 0.5) is 0 Å². The van der Waals surface area contributed by atoms with Crippen molar-refractivity contribution in [2.75, 3.05) is 26.8 Å². The summed E-state index contributed by atoms with van der Waals surface area (Å²) in [6.45, 7) is 8.13. The molecule has 1 aromatic heterocycles. The number of rotatable bonds is 5. The van der Waals surface area contributed by atoms with Gasteiger partial charge in [-0.05, 0) is 43.9 Å². The van der Waals surface area contributed by atoms with Gasteiger partial charge in [-0.15, -0.1) is 0 Å². The maximum atomic E-state index is 12.7. The van der Waals surface area contributed by atoms with E-state index in [-0.39, 0.29) is 23.9 Å². The average molecular weight is 345 g/mol. The number of aliphatic hydroxyl groups is 1. The van der Waals surface area contributed by atoms with Crippen molar-refractivity contribution in [2.45, 2.75) is 39.8 Å². The number of hydrogen-bond donors (Lipinski definition) is 1. The minimum atomic E-state index is -0.531. The van der Waals surface area contributed by atoms with Gasteiger partial charge in [0.15, 0.2) is 0 Å². The highest BCUT2D eigenvalue weighted by Crippen LogP contribution is 2.21. The molecule has 0 bridgehead atoms. The Hall–Kier alpha value is -2.10. The third-order valence-electron chi connectivity index (χ3n) is 4.99. The summed E-state index contributed by atoms with van der Waals surface area (Å²) in [6, 6.07) is 4.00. The summed E-state index contributed by atoms with van der Waals surface area (Å²) < 4.78 is 7.24. The van der Waals surface area contributed by atoms with E-state index in [0.29, 0.717) is 13.2 Å². The molecule has 1 fully saturated rings. The number of aryl methyl sites for hydroxylation is 1. The molecule has 6 nitrogen and oxygen atoms in total. The summed E-state index contributed by atoms with van der Waals surface area (Å²) in [4.78, 5) is 14.2. The Morgan fingerprint density at radius 3 is 2.84 bits per heavy atom. The number of amides is 1. The number of aliphatic hydroxyl groups excluding tert-OH is 1. The van der Waals surface area contributed by atoms with Crippen molar-refractivity contribution in [2.24, 2.45) is 5.92 Å². The van der Waals surface area contributed by atoms with E-state index < -0.39 is 6.10 Å². The van der Waals surface area contributed by atoms with Gasteiger partial charge in [0.2, 0.25) is 0 Å². The van der Waals surface area contributed by atoms with Gasteiger partial charge in [-0.25, -0.2) is 0 Å². The summed E-state index contributed by atoms with van der Waals surface area (Å²) in [7, 11) is 1.66. The van der Waals surface area contributed by atoms with Crippen LogP contribution in [-0.4, -0.2) is 53.4 Å². The van der Waals surface area contributed by atoms with Crippen LogP contribution in [0, 0.1) is 31.1 Å². The standard InChI is InChI=1S/C19H27N3O3/c1-13-5-6-21(12-18(13)23)19(24)17(11-20)10-16-9-14(2)22(15(16)3)7-8-25-4/h9-10,13,18,23H,5-8,12H2,1-4H3/b17-10-. The van der Waals surface area contributed by atoms with Crippen LogP contribution < -0.4 is 0 Å². The van der Waals surface area contributed by atoms with Crippen LogP contribution in [0.2, 0.25) is 0 Å². The normalized spacial score (nSPS) is 21.3. The zero-order chi connectivity index (χ0) is 18.6. The van der Waals surface area contributed by atoms with Gasteiger partial charge in [-0.3, -0.25) is 4.79 Å². The molecule has 0 aliphatic carbocycles. The van der Waals surface area contributed by atoms with Crippen molar-refractivity contribution in [1.82, 2.24) is 9.47 Å². The van der Waals surface area contributed by atoms with Gasteiger partial charge in [0.25, 0.3) is 5.91 Å². The van der Waals surface area contributed by atoms with Crippen molar-refractivity contribution in [3.63, 3.8) is 0 Å². The van der Waals surface area contributed by atoms with Crippen molar-refractivity contribution in [3.05, 3.63) is 28.6 Å². The molecule has 2 unspecified atom stereocenters. The molecule has 0 saturated carbocycles. The molecule has 1 N–H and O–H groups in total. The third-order valence-corrected chi connectivity index (χ3v) is 4.99. The first-order chi connectivity index (χ1) is 11.9. The zero-order valence-corrected chi connectivity index (χ0v) is 15.5. The fourth-order valence-corrected chi connectivity index (χ4v) is 3.20. The van der Waals surface area contributed by atoms with Crippen LogP contribution in [0.3, 0.4) is 0 Å². The van der Waals surface area contributed by atoms with Gasteiger partial charge in [0.05, 0.1) is 12.7 Å². The van der Waals surface area contributed by atoms with E-state index in [2.05, 4.69) is 4.57 Å². The number of ether oxygens (including phenoxy) is 1. The molecule has 2 rings (SSSR count). The van der Waals surface area contributed by atoms with E-state index in [4.69, 9.17) is 4.74 Å². The monoisotopic (exact) mass is 345 g/mol. The molecule has 25 heavy (non-hydrogen) atoms. The molecule has 2 heterocycles. The maximum absolute atomic E-state index is 12.7. The van der Waals surface area contributed by atoms with Crippen molar-refractivity contribution >= 4 is 12.0 Å². The van der Waals surface area contributed by atoms with E-state index >= 15 is 0 Å². The van der Waals surface area contributed by atoms with Crippen LogP contribution in [0.5, 0.6) is 0 Å². The van der Waals surface area contributed by atoms with Crippen molar-refractivity contribution < 1.29 is 14.6 Å². The fraction of sp³-hybridized carbons (Fsp3) is 0.579. The van der Waals surface area contributed by atoms with Crippen LogP contribution in [0.25, 0.3) is 6.08 Å². The van der Waals surface area contributed by atoms with Gasteiger partial charge in [-0.1, -0.05) is 6.92 Å². The number of methoxy groups -OCH3 is 1. The minimum Gasteiger partial charge on any atom is -0.391 e. The van der Waals surface area contributed by atoms with E-state index in [1.807, 2.05) is 32.9 Å². The Morgan fingerprint density at radius 1 is 1.52 bits per heavy atom. The molecule has 1 aliphatic rings. The van der Waals surface area contributed by atoms with Crippen LogP contribution in [0.15, 0.2) is 11.6 Å². The number of piperidine rings is 1. The highest BCUT2D eigenvalue weighted by molar-refractivity contribution is 6.01. The Kier molecular flexibility index (Phi) is 6.40. The number of carbonyl (C=O) groups excluding carboxylic acids is 1. The first-order valence-corrected chi connectivity index (χ1v) is 8.63. The van der Waals surface area contributed by atoms with Crippen molar-refractivity contribution in [1.29, 1.82) is 5.26 Å². The average Bonchev–Trinajstić information content (AvgIpc) is 2.86. The number of hydrogen-bond acceptors (Lipinski definition) is 4. The Balaban J connectivity index is 2.23.